The minimum atomic E-state index is 0.315. The predicted molar refractivity (Wildman–Crippen MR) is 57.3 cm³/mol. The molecule has 0 fully saturated rings. The van der Waals surface area contributed by atoms with Crippen molar-refractivity contribution >= 4 is 11.6 Å². The number of hydrogen-bond acceptors (Lipinski definition) is 1. The van der Waals surface area contributed by atoms with Crippen LogP contribution in [0.2, 0.25) is 0 Å². The molecule has 0 aromatic carbocycles. The Balaban J connectivity index is 4.21. The van der Waals surface area contributed by atoms with E-state index in [9.17, 15) is 0 Å². The number of nitrogens with zero attached hydrogens (tertiary/aromatic N) is 1. The Morgan fingerprint density at radius 2 is 2.15 bits per heavy atom. The molecule has 0 heterocycles. The predicted octanol–water partition coefficient (Wildman–Crippen LogP) is 3.79. The third-order valence-electron chi connectivity index (χ3n) is 1.92. The van der Waals surface area contributed by atoms with E-state index >= 15 is 0 Å². The minimum absolute atomic E-state index is 0.315. The first-order chi connectivity index (χ1) is 5.99. The topological polar surface area (TPSA) is 23.8 Å². The first kappa shape index (κ1) is 12.0. The molecule has 2 heteroatoms. The molecule has 0 rings (SSSR count). The monoisotopic (exact) mass is 195 g/mol. The molecule has 1 unspecified atom stereocenters. The highest BCUT2D eigenvalue weighted by Gasteiger charge is 2.02. The van der Waals surface area contributed by atoms with E-state index in [0.717, 1.165) is 12.0 Å². The Hall–Kier alpha value is -1.00. The Labute approximate surface area is 85.0 Å². The van der Waals surface area contributed by atoms with Crippen molar-refractivity contribution in [1.82, 2.24) is 0 Å². The van der Waals surface area contributed by atoms with E-state index in [-0.39, 0.29) is 0 Å². The largest absolute Gasteiger partial charge is 0.192 e. The summed E-state index contributed by atoms with van der Waals surface area (Å²) in [6.07, 6.45) is 2.61. The van der Waals surface area contributed by atoms with Gasteiger partial charge in [0.1, 0.15) is 6.07 Å². The van der Waals surface area contributed by atoms with Crippen molar-refractivity contribution in [3.05, 3.63) is 35.4 Å². The molecular weight excluding hydrogens is 182 g/mol. The van der Waals surface area contributed by atoms with E-state index in [1.54, 1.807) is 0 Å². The molecule has 1 atom stereocenters. The van der Waals surface area contributed by atoms with Crippen molar-refractivity contribution in [2.24, 2.45) is 5.92 Å². The molecule has 0 aromatic rings. The number of rotatable bonds is 4. The molecule has 0 N–H and O–H groups in total. The zero-order valence-electron chi connectivity index (χ0n) is 8.10. The van der Waals surface area contributed by atoms with Gasteiger partial charge < -0.3 is 0 Å². The minimum Gasteiger partial charge on any atom is -0.192 e. The number of nitriles is 1. The fraction of sp³-hybridized carbons (Fsp3) is 0.364. The van der Waals surface area contributed by atoms with Crippen LogP contribution in [0.1, 0.15) is 20.3 Å². The summed E-state index contributed by atoms with van der Waals surface area (Å²) in [5.41, 5.74) is 1.43. The van der Waals surface area contributed by atoms with Gasteiger partial charge in [-0.15, -0.1) is 0 Å². The molecule has 0 amide bonds. The molecule has 70 valence electrons. The lowest BCUT2D eigenvalue weighted by atomic mass is 10.0. The van der Waals surface area contributed by atoms with Gasteiger partial charge >= 0.3 is 0 Å². The summed E-state index contributed by atoms with van der Waals surface area (Å²) in [7, 11) is 0. The van der Waals surface area contributed by atoms with Crippen LogP contribution in [0.25, 0.3) is 0 Å². The normalized spacial score (nSPS) is 13.2. The van der Waals surface area contributed by atoms with E-state index in [4.69, 9.17) is 16.9 Å². The zero-order chi connectivity index (χ0) is 10.4. The maximum absolute atomic E-state index is 8.49. The summed E-state index contributed by atoms with van der Waals surface area (Å²) in [5, 5.41) is 8.93. The van der Waals surface area contributed by atoms with Gasteiger partial charge in [0.25, 0.3) is 0 Å². The molecular formula is C11H14ClN. The molecule has 0 aromatic heterocycles. The maximum Gasteiger partial charge on any atom is 0.100 e. The van der Waals surface area contributed by atoms with E-state index in [1.165, 1.54) is 0 Å². The SMILES string of the molecule is C=C(C#N)/C(Cl)=C\CC(C)C(=C)C. The number of halogens is 1. The van der Waals surface area contributed by atoms with Crippen LogP contribution in [0.3, 0.4) is 0 Å². The Kier molecular flexibility index (Phi) is 5.18. The van der Waals surface area contributed by atoms with Gasteiger partial charge in [0.05, 0.1) is 10.6 Å². The van der Waals surface area contributed by atoms with Crippen LogP contribution in [0.4, 0.5) is 0 Å². The van der Waals surface area contributed by atoms with Gasteiger partial charge in [-0.05, 0) is 19.3 Å². The summed E-state index contributed by atoms with van der Waals surface area (Å²) in [5.74, 6) is 0.389. The lowest BCUT2D eigenvalue weighted by molar-refractivity contribution is 0.697. The third-order valence-corrected chi connectivity index (χ3v) is 2.30. The summed E-state index contributed by atoms with van der Waals surface area (Å²) >= 11 is 5.79. The number of hydrogen-bond donors (Lipinski definition) is 0. The molecule has 0 aliphatic rings. The summed E-state index contributed by atoms with van der Waals surface area (Å²) in [6, 6.07) is 1.90. The Bertz CT molecular complexity index is 281. The Morgan fingerprint density at radius 1 is 1.62 bits per heavy atom. The molecule has 0 spiro atoms. The van der Waals surface area contributed by atoms with Crippen LogP contribution in [-0.4, -0.2) is 0 Å². The fourth-order valence-electron chi connectivity index (χ4n) is 0.658. The second-order valence-electron chi connectivity index (χ2n) is 3.13. The van der Waals surface area contributed by atoms with Crippen molar-refractivity contribution in [1.29, 1.82) is 5.26 Å². The molecule has 0 aliphatic heterocycles. The molecule has 0 saturated heterocycles. The highest BCUT2D eigenvalue weighted by Crippen LogP contribution is 2.18. The van der Waals surface area contributed by atoms with Gasteiger partial charge in [-0.25, -0.2) is 0 Å². The van der Waals surface area contributed by atoms with Crippen molar-refractivity contribution in [3.8, 4) is 6.07 Å². The van der Waals surface area contributed by atoms with Gasteiger partial charge in [0.2, 0.25) is 0 Å². The Morgan fingerprint density at radius 3 is 2.54 bits per heavy atom. The fourth-order valence-corrected chi connectivity index (χ4v) is 0.789. The van der Waals surface area contributed by atoms with Crippen molar-refractivity contribution in [2.45, 2.75) is 20.3 Å². The number of allylic oxidation sites excluding steroid dienone is 4. The third kappa shape index (κ3) is 4.55. The van der Waals surface area contributed by atoms with Crippen molar-refractivity contribution < 1.29 is 0 Å². The van der Waals surface area contributed by atoms with Gasteiger partial charge in [-0.2, -0.15) is 5.26 Å². The molecule has 1 nitrogen and oxygen atoms in total. The van der Waals surface area contributed by atoms with Crippen LogP contribution in [0.5, 0.6) is 0 Å². The molecule has 0 saturated carbocycles. The van der Waals surface area contributed by atoms with Gasteiger partial charge in [-0.3, -0.25) is 0 Å². The van der Waals surface area contributed by atoms with Crippen LogP contribution in [0, 0.1) is 17.2 Å². The van der Waals surface area contributed by atoms with E-state index < -0.39 is 0 Å². The summed E-state index contributed by atoms with van der Waals surface area (Å²) in [4.78, 5) is 0. The van der Waals surface area contributed by atoms with Crippen molar-refractivity contribution in [2.75, 3.05) is 0 Å². The lowest BCUT2D eigenvalue weighted by Crippen LogP contribution is -1.92. The highest BCUT2D eigenvalue weighted by atomic mass is 35.5. The molecule has 13 heavy (non-hydrogen) atoms. The van der Waals surface area contributed by atoms with Gasteiger partial charge in [0.15, 0.2) is 0 Å². The standard InChI is InChI=1S/C11H14ClN/c1-8(2)9(3)5-6-11(12)10(4)7-13/h6,9H,1,4-5H2,2-3H3/b11-6+. The average Bonchev–Trinajstić information content (AvgIpc) is 2.11. The smallest absolute Gasteiger partial charge is 0.100 e. The van der Waals surface area contributed by atoms with Crippen LogP contribution in [0.15, 0.2) is 35.4 Å². The first-order valence-electron chi connectivity index (χ1n) is 4.09. The van der Waals surface area contributed by atoms with Crippen LogP contribution < -0.4 is 0 Å². The van der Waals surface area contributed by atoms with Gasteiger partial charge in [-0.1, -0.05) is 43.3 Å². The maximum atomic E-state index is 8.49. The molecule has 0 radical (unpaired) electrons. The highest BCUT2D eigenvalue weighted by molar-refractivity contribution is 6.32. The summed E-state index contributed by atoms with van der Waals surface area (Å²) in [6.45, 7) is 11.4. The van der Waals surface area contributed by atoms with Gasteiger partial charge in [0, 0.05) is 0 Å². The first-order valence-corrected chi connectivity index (χ1v) is 4.47. The van der Waals surface area contributed by atoms with Crippen LogP contribution >= 0.6 is 11.6 Å². The quantitative estimate of drug-likeness (QED) is 0.380. The molecule has 0 bridgehead atoms. The second-order valence-corrected chi connectivity index (χ2v) is 3.53. The molecule has 0 aliphatic carbocycles. The van der Waals surface area contributed by atoms with Crippen LogP contribution in [-0.2, 0) is 0 Å². The second kappa shape index (κ2) is 5.61. The zero-order valence-corrected chi connectivity index (χ0v) is 8.86. The lowest BCUT2D eigenvalue weighted by Gasteiger charge is -2.07. The van der Waals surface area contributed by atoms with E-state index in [2.05, 4.69) is 20.1 Å². The van der Waals surface area contributed by atoms with E-state index in [0.29, 0.717) is 16.5 Å². The average molecular weight is 196 g/mol. The van der Waals surface area contributed by atoms with E-state index in [1.807, 2.05) is 19.1 Å². The van der Waals surface area contributed by atoms with Crippen molar-refractivity contribution in [3.63, 3.8) is 0 Å². The summed E-state index contributed by atoms with van der Waals surface area (Å²) < 4.78 is 0.